The van der Waals surface area contributed by atoms with Crippen molar-refractivity contribution in [1.29, 1.82) is 0 Å². The first kappa shape index (κ1) is 26.1. The largest absolute Gasteiger partial charge is 0.356 e. The topological polar surface area (TPSA) is 60.0 Å². The molecule has 1 saturated heterocycles. The van der Waals surface area contributed by atoms with Gasteiger partial charge in [0.1, 0.15) is 0 Å². The zero-order chi connectivity index (χ0) is 19.6. The van der Waals surface area contributed by atoms with Crippen molar-refractivity contribution in [2.24, 2.45) is 10.9 Å². The van der Waals surface area contributed by atoms with E-state index in [9.17, 15) is 4.21 Å². The van der Waals surface area contributed by atoms with Gasteiger partial charge in [-0.3, -0.25) is 9.20 Å². The van der Waals surface area contributed by atoms with Gasteiger partial charge in [-0.1, -0.05) is 27.2 Å². The maximum absolute atomic E-state index is 12.1. The lowest BCUT2D eigenvalue weighted by molar-refractivity contribution is 0.124. The highest BCUT2D eigenvalue weighted by atomic mass is 127. The summed E-state index contributed by atoms with van der Waals surface area (Å²) in [6.07, 6.45) is 4.41. The lowest BCUT2D eigenvalue weighted by atomic mass is 9.95. The standard InChI is InChI=1S/C20H41N5OS.HI/c1-5-24-10-12-25(13-11-24)16-17(3)15-22-20(21-4)23-18-8-7-9-19(14-18)27(26)6-2;/h17-19H,5-16H2,1-4H3,(H2,21,22,23);1H. The average Bonchev–Trinajstić information content (AvgIpc) is 2.71. The number of aliphatic imine (C=N–C) groups is 1. The van der Waals surface area contributed by atoms with Gasteiger partial charge in [-0.25, -0.2) is 0 Å². The molecule has 28 heavy (non-hydrogen) atoms. The lowest BCUT2D eigenvalue weighted by Crippen LogP contribution is -2.50. The van der Waals surface area contributed by atoms with E-state index in [1.54, 1.807) is 0 Å². The Morgan fingerprint density at radius 3 is 2.46 bits per heavy atom. The van der Waals surface area contributed by atoms with E-state index in [1.807, 2.05) is 14.0 Å². The van der Waals surface area contributed by atoms with E-state index in [0.29, 0.717) is 17.2 Å². The third-order valence-corrected chi connectivity index (χ3v) is 7.69. The molecule has 4 atom stereocenters. The van der Waals surface area contributed by atoms with Crippen molar-refractivity contribution in [2.45, 2.75) is 57.7 Å². The van der Waals surface area contributed by atoms with Crippen LogP contribution in [0.3, 0.4) is 0 Å². The first-order valence-electron chi connectivity index (χ1n) is 10.8. The van der Waals surface area contributed by atoms with Crippen LogP contribution in [0, 0.1) is 5.92 Å². The number of hydrogen-bond acceptors (Lipinski definition) is 4. The van der Waals surface area contributed by atoms with Crippen LogP contribution >= 0.6 is 24.0 Å². The minimum Gasteiger partial charge on any atom is -0.356 e. The normalized spacial score (nSPS) is 26.9. The second-order valence-electron chi connectivity index (χ2n) is 8.09. The summed E-state index contributed by atoms with van der Waals surface area (Å²) in [5.41, 5.74) is 0. The second kappa shape index (κ2) is 14.1. The molecule has 1 aliphatic heterocycles. The maximum atomic E-state index is 12.1. The van der Waals surface area contributed by atoms with Crippen molar-refractivity contribution in [1.82, 2.24) is 20.4 Å². The molecule has 0 radical (unpaired) electrons. The second-order valence-corrected chi connectivity index (χ2v) is 10.1. The zero-order valence-electron chi connectivity index (χ0n) is 18.3. The number of likely N-dealkylation sites (N-methyl/N-ethyl adjacent to an activating group) is 1. The van der Waals surface area contributed by atoms with Crippen LogP contribution in [-0.2, 0) is 10.8 Å². The minimum atomic E-state index is -0.679. The number of piperazine rings is 1. The van der Waals surface area contributed by atoms with Crippen molar-refractivity contribution in [2.75, 3.05) is 58.6 Å². The van der Waals surface area contributed by atoms with Gasteiger partial charge in [0, 0.05) is 74.2 Å². The Morgan fingerprint density at radius 1 is 1.18 bits per heavy atom. The quantitative estimate of drug-likeness (QED) is 0.288. The Labute approximate surface area is 192 Å². The maximum Gasteiger partial charge on any atom is 0.191 e. The first-order valence-corrected chi connectivity index (χ1v) is 12.2. The van der Waals surface area contributed by atoms with Crippen LogP contribution in [0.15, 0.2) is 4.99 Å². The van der Waals surface area contributed by atoms with Gasteiger partial charge in [0.05, 0.1) is 0 Å². The molecule has 0 aromatic rings. The average molecular weight is 528 g/mol. The summed E-state index contributed by atoms with van der Waals surface area (Å²) >= 11 is 0. The van der Waals surface area contributed by atoms with Crippen molar-refractivity contribution in [3.05, 3.63) is 0 Å². The summed E-state index contributed by atoms with van der Waals surface area (Å²) in [5, 5.41) is 7.43. The van der Waals surface area contributed by atoms with Crippen LogP contribution in [0.2, 0.25) is 0 Å². The Hall–Kier alpha value is 0.0700. The van der Waals surface area contributed by atoms with Gasteiger partial charge in [-0.05, 0) is 31.7 Å². The molecule has 0 bridgehead atoms. The molecule has 1 heterocycles. The number of halogens is 1. The zero-order valence-corrected chi connectivity index (χ0v) is 21.4. The van der Waals surface area contributed by atoms with Gasteiger partial charge < -0.3 is 20.4 Å². The van der Waals surface area contributed by atoms with Gasteiger partial charge in [-0.2, -0.15) is 0 Å². The van der Waals surface area contributed by atoms with E-state index >= 15 is 0 Å². The molecule has 2 rings (SSSR count). The predicted octanol–water partition coefficient (Wildman–Crippen LogP) is 2.12. The van der Waals surface area contributed by atoms with Gasteiger partial charge in [0.15, 0.2) is 5.96 Å². The SMILES string of the molecule is CCN1CCN(CC(C)CNC(=NC)NC2CCCC(S(=O)CC)C2)CC1.I. The molecular weight excluding hydrogens is 485 g/mol. The Kier molecular flexibility index (Phi) is 13.2. The third kappa shape index (κ3) is 8.83. The number of rotatable bonds is 8. The van der Waals surface area contributed by atoms with E-state index in [2.05, 4.69) is 39.3 Å². The van der Waals surface area contributed by atoms with Crippen molar-refractivity contribution >= 4 is 40.7 Å². The predicted molar refractivity (Wildman–Crippen MR) is 132 cm³/mol. The number of guanidine groups is 1. The Morgan fingerprint density at radius 2 is 1.86 bits per heavy atom. The first-order chi connectivity index (χ1) is 13.0. The van der Waals surface area contributed by atoms with Crippen LogP contribution < -0.4 is 10.6 Å². The molecule has 1 saturated carbocycles. The monoisotopic (exact) mass is 527 g/mol. The van der Waals surface area contributed by atoms with E-state index in [4.69, 9.17) is 0 Å². The molecule has 2 aliphatic rings. The molecule has 0 spiro atoms. The molecule has 6 nitrogen and oxygen atoms in total. The summed E-state index contributed by atoms with van der Waals surface area (Å²) in [4.78, 5) is 9.52. The van der Waals surface area contributed by atoms with Crippen molar-refractivity contribution in [3.63, 3.8) is 0 Å². The summed E-state index contributed by atoms with van der Waals surface area (Å²) in [6, 6.07) is 0.392. The van der Waals surface area contributed by atoms with Crippen molar-refractivity contribution < 1.29 is 4.21 Å². The third-order valence-electron chi connectivity index (χ3n) is 5.95. The van der Waals surface area contributed by atoms with Crippen molar-refractivity contribution in [3.8, 4) is 0 Å². The molecular formula is C20H42IN5OS. The Bertz CT molecular complexity index is 485. The molecule has 8 heteroatoms. The molecule has 0 aromatic carbocycles. The fourth-order valence-corrected chi connectivity index (χ4v) is 5.55. The van der Waals surface area contributed by atoms with Crippen LogP contribution in [0.25, 0.3) is 0 Å². The van der Waals surface area contributed by atoms with Gasteiger partial charge >= 0.3 is 0 Å². The van der Waals surface area contributed by atoms with Gasteiger partial charge in [-0.15, -0.1) is 24.0 Å². The highest BCUT2D eigenvalue weighted by molar-refractivity contribution is 14.0. The highest BCUT2D eigenvalue weighted by Crippen LogP contribution is 2.23. The fourth-order valence-electron chi connectivity index (χ4n) is 4.20. The number of nitrogens with one attached hydrogen (secondary N) is 2. The van der Waals surface area contributed by atoms with E-state index in [0.717, 1.165) is 50.5 Å². The van der Waals surface area contributed by atoms with Crippen LogP contribution in [-0.4, -0.2) is 89.9 Å². The van der Waals surface area contributed by atoms with Crippen LogP contribution in [0.4, 0.5) is 0 Å². The van der Waals surface area contributed by atoms with E-state index in [-0.39, 0.29) is 24.0 Å². The molecule has 0 aromatic heterocycles. The molecule has 0 amide bonds. The number of hydrogen-bond donors (Lipinski definition) is 2. The molecule has 166 valence electrons. The van der Waals surface area contributed by atoms with Gasteiger partial charge in [0.2, 0.25) is 0 Å². The summed E-state index contributed by atoms with van der Waals surface area (Å²) in [6.45, 7) is 14.6. The molecule has 2 N–H and O–H groups in total. The molecule has 2 fully saturated rings. The molecule has 1 aliphatic carbocycles. The number of nitrogens with zero attached hydrogens (tertiary/aromatic N) is 3. The smallest absolute Gasteiger partial charge is 0.191 e. The van der Waals surface area contributed by atoms with Crippen LogP contribution in [0.5, 0.6) is 0 Å². The fraction of sp³-hybridized carbons (Fsp3) is 0.950. The highest BCUT2D eigenvalue weighted by Gasteiger charge is 2.26. The summed E-state index contributed by atoms with van der Waals surface area (Å²) < 4.78 is 12.1. The molecule has 4 unspecified atom stereocenters. The summed E-state index contributed by atoms with van der Waals surface area (Å²) in [5.74, 6) is 2.25. The van der Waals surface area contributed by atoms with Gasteiger partial charge in [0.25, 0.3) is 0 Å². The lowest BCUT2D eigenvalue weighted by Gasteiger charge is -2.35. The van der Waals surface area contributed by atoms with E-state index in [1.165, 1.54) is 32.7 Å². The van der Waals surface area contributed by atoms with Crippen LogP contribution in [0.1, 0.15) is 46.5 Å². The Balaban J connectivity index is 0.00000392. The minimum absolute atomic E-state index is 0. The summed E-state index contributed by atoms with van der Waals surface area (Å²) in [7, 11) is 1.16. The van der Waals surface area contributed by atoms with E-state index < -0.39 is 10.8 Å².